The lowest BCUT2D eigenvalue weighted by molar-refractivity contribution is 0.159. The van der Waals surface area contributed by atoms with Crippen molar-refractivity contribution < 1.29 is 10.2 Å². The average molecular weight is 226 g/mol. The van der Waals surface area contributed by atoms with Gasteiger partial charge in [0.05, 0.1) is 6.10 Å². The summed E-state index contributed by atoms with van der Waals surface area (Å²) >= 11 is 1.70. The summed E-state index contributed by atoms with van der Waals surface area (Å²) in [6, 6.07) is 7.98. The van der Waals surface area contributed by atoms with Crippen molar-refractivity contribution in [2.45, 2.75) is 30.3 Å². The smallest absolute Gasteiger partial charge is 0.0790 e. The Kier molecular flexibility index (Phi) is 5.76. The van der Waals surface area contributed by atoms with Crippen molar-refractivity contribution in [1.29, 1.82) is 0 Å². The van der Waals surface area contributed by atoms with Crippen LogP contribution in [0.2, 0.25) is 0 Å². The molecule has 0 fully saturated rings. The van der Waals surface area contributed by atoms with Gasteiger partial charge in [0.2, 0.25) is 0 Å². The zero-order valence-electron chi connectivity index (χ0n) is 9.02. The van der Waals surface area contributed by atoms with E-state index in [9.17, 15) is 5.11 Å². The van der Waals surface area contributed by atoms with Crippen LogP contribution >= 0.6 is 11.8 Å². The van der Waals surface area contributed by atoms with Crippen LogP contribution in [0.3, 0.4) is 0 Å². The molecule has 0 aliphatic rings. The molecule has 0 radical (unpaired) electrons. The summed E-state index contributed by atoms with van der Waals surface area (Å²) in [4.78, 5) is 1.21. The van der Waals surface area contributed by atoms with Gasteiger partial charge in [0.1, 0.15) is 0 Å². The van der Waals surface area contributed by atoms with Crippen LogP contribution in [0, 0.1) is 0 Å². The molecule has 0 aliphatic carbocycles. The first kappa shape index (κ1) is 12.6. The van der Waals surface area contributed by atoms with Crippen LogP contribution in [-0.2, 0) is 0 Å². The molecular formula is C12H18O2S. The monoisotopic (exact) mass is 226 g/mol. The van der Waals surface area contributed by atoms with Crippen molar-refractivity contribution in [3.63, 3.8) is 0 Å². The number of thioether (sulfide) groups is 1. The molecule has 1 rings (SSSR count). The number of hydrogen-bond acceptors (Lipinski definition) is 3. The Morgan fingerprint density at radius 2 is 1.87 bits per heavy atom. The topological polar surface area (TPSA) is 40.5 Å². The Morgan fingerprint density at radius 1 is 1.20 bits per heavy atom. The predicted molar refractivity (Wildman–Crippen MR) is 64.1 cm³/mol. The van der Waals surface area contributed by atoms with E-state index in [1.54, 1.807) is 11.8 Å². The highest BCUT2D eigenvalue weighted by Crippen LogP contribution is 2.22. The molecule has 84 valence electrons. The van der Waals surface area contributed by atoms with Crippen LogP contribution in [0.5, 0.6) is 0 Å². The maximum atomic E-state index is 9.82. The normalized spacial score (nSPS) is 12.7. The molecule has 0 saturated heterocycles. The second kappa shape index (κ2) is 6.88. The van der Waals surface area contributed by atoms with Crippen LogP contribution in [0.15, 0.2) is 29.2 Å². The predicted octanol–water partition coefficient (Wildman–Crippen LogP) is 2.60. The summed E-state index contributed by atoms with van der Waals surface area (Å²) in [5.74, 6) is 0. The lowest BCUT2D eigenvalue weighted by Crippen LogP contribution is -1.97. The van der Waals surface area contributed by atoms with Crippen molar-refractivity contribution in [3.05, 3.63) is 29.8 Å². The van der Waals surface area contributed by atoms with E-state index in [4.69, 9.17) is 5.11 Å². The highest BCUT2D eigenvalue weighted by molar-refractivity contribution is 7.98. The van der Waals surface area contributed by atoms with Crippen LogP contribution < -0.4 is 0 Å². The van der Waals surface area contributed by atoms with Crippen molar-refractivity contribution in [2.75, 3.05) is 12.9 Å². The summed E-state index contributed by atoms with van der Waals surface area (Å²) in [5, 5.41) is 18.5. The molecule has 15 heavy (non-hydrogen) atoms. The first-order valence-electron chi connectivity index (χ1n) is 5.21. The fraction of sp³-hybridized carbons (Fsp3) is 0.500. The van der Waals surface area contributed by atoms with Gasteiger partial charge in [0.15, 0.2) is 0 Å². The molecule has 0 bridgehead atoms. The molecule has 1 atom stereocenters. The van der Waals surface area contributed by atoms with Crippen LogP contribution in [0.1, 0.15) is 30.9 Å². The van der Waals surface area contributed by atoms with Gasteiger partial charge in [-0.1, -0.05) is 12.1 Å². The zero-order valence-corrected chi connectivity index (χ0v) is 9.83. The molecular weight excluding hydrogens is 208 g/mol. The lowest BCUT2D eigenvalue weighted by atomic mass is 10.0. The molecule has 0 aromatic heterocycles. The summed E-state index contributed by atoms with van der Waals surface area (Å²) < 4.78 is 0. The van der Waals surface area contributed by atoms with E-state index in [1.165, 1.54) is 4.90 Å². The van der Waals surface area contributed by atoms with E-state index in [0.717, 1.165) is 24.8 Å². The molecule has 2 N–H and O–H groups in total. The lowest BCUT2D eigenvalue weighted by Gasteiger charge is -2.10. The summed E-state index contributed by atoms with van der Waals surface area (Å²) in [7, 11) is 0. The summed E-state index contributed by atoms with van der Waals surface area (Å²) in [5.41, 5.74) is 0.964. The molecule has 2 nitrogen and oxygen atoms in total. The molecule has 1 unspecified atom stereocenters. The zero-order chi connectivity index (χ0) is 11.1. The molecule has 1 aromatic rings. The van der Waals surface area contributed by atoms with Gasteiger partial charge in [-0.25, -0.2) is 0 Å². The van der Waals surface area contributed by atoms with Crippen molar-refractivity contribution >= 4 is 11.8 Å². The first-order chi connectivity index (χ1) is 7.27. The average Bonchev–Trinajstić information content (AvgIpc) is 2.29. The minimum atomic E-state index is -0.396. The standard InChI is InChI=1S/C12H18O2S/c1-15-11-7-5-10(6-8-11)12(14)4-2-3-9-13/h5-8,12-14H,2-4,9H2,1H3. The first-order valence-corrected chi connectivity index (χ1v) is 6.43. The van der Waals surface area contributed by atoms with Gasteiger partial charge in [-0.3, -0.25) is 0 Å². The van der Waals surface area contributed by atoms with Crippen LogP contribution in [-0.4, -0.2) is 23.1 Å². The second-order valence-electron chi connectivity index (χ2n) is 3.51. The van der Waals surface area contributed by atoms with Gasteiger partial charge in [-0.05, 0) is 43.2 Å². The third-order valence-corrected chi connectivity index (χ3v) is 3.13. The fourth-order valence-corrected chi connectivity index (χ4v) is 1.85. The molecule has 0 amide bonds. The minimum Gasteiger partial charge on any atom is -0.396 e. The number of rotatable bonds is 6. The Labute approximate surface area is 95.3 Å². The van der Waals surface area contributed by atoms with E-state index in [-0.39, 0.29) is 6.61 Å². The second-order valence-corrected chi connectivity index (χ2v) is 4.39. The maximum Gasteiger partial charge on any atom is 0.0790 e. The minimum absolute atomic E-state index is 0.206. The third-order valence-electron chi connectivity index (χ3n) is 2.39. The summed E-state index contributed by atoms with van der Waals surface area (Å²) in [6.45, 7) is 0.206. The molecule has 0 heterocycles. The van der Waals surface area contributed by atoms with Crippen molar-refractivity contribution in [2.24, 2.45) is 0 Å². The molecule has 3 heteroatoms. The van der Waals surface area contributed by atoms with E-state index < -0.39 is 6.10 Å². The number of benzene rings is 1. The highest BCUT2D eigenvalue weighted by atomic mass is 32.2. The summed E-state index contributed by atoms with van der Waals surface area (Å²) in [6.07, 6.45) is 3.99. The Hall–Kier alpha value is -0.510. The van der Waals surface area contributed by atoms with Gasteiger partial charge in [0, 0.05) is 11.5 Å². The van der Waals surface area contributed by atoms with Crippen LogP contribution in [0.25, 0.3) is 0 Å². The van der Waals surface area contributed by atoms with Gasteiger partial charge in [-0.2, -0.15) is 0 Å². The number of aliphatic hydroxyl groups is 2. The van der Waals surface area contributed by atoms with E-state index >= 15 is 0 Å². The fourth-order valence-electron chi connectivity index (χ4n) is 1.44. The SMILES string of the molecule is CSc1ccc(C(O)CCCCO)cc1. The maximum absolute atomic E-state index is 9.82. The number of aliphatic hydroxyl groups excluding tert-OH is 2. The largest absolute Gasteiger partial charge is 0.396 e. The van der Waals surface area contributed by atoms with Crippen molar-refractivity contribution in [1.82, 2.24) is 0 Å². The molecule has 0 spiro atoms. The van der Waals surface area contributed by atoms with Crippen LogP contribution in [0.4, 0.5) is 0 Å². The Bertz CT molecular complexity index is 271. The van der Waals surface area contributed by atoms with E-state index in [0.29, 0.717) is 0 Å². The quantitative estimate of drug-likeness (QED) is 0.578. The van der Waals surface area contributed by atoms with Gasteiger partial charge in [0.25, 0.3) is 0 Å². The Morgan fingerprint density at radius 3 is 2.40 bits per heavy atom. The van der Waals surface area contributed by atoms with Gasteiger partial charge >= 0.3 is 0 Å². The highest BCUT2D eigenvalue weighted by Gasteiger charge is 2.06. The number of unbranched alkanes of at least 4 members (excludes halogenated alkanes) is 1. The van der Waals surface area contributed by atoms with E-state index in [1.807, 2.05) is 30.5 Å². The number of hydrogen-bond donors (Lipinski definition) is 2. The molecule has 0 aliphatic heterocycles. The van der Waals surface area contributed by atoms with Gasteiger partial charge < -0.3 is 10.2 Å². The van der Waals surface area contributed by atoms with Gasteiger partial charge in [-0.15, -0.1) is 11.8 Å². The van der Waals surface area contributed by atoms with Crippen molar-refractivity contribution in [3.8, 4) is 0 Å². The van der Waals surface area contributed by atoms with E-state index in [2.05, 4.69) is 0 Å². The Balaban J connectivity index is 2.46. The molecule has 1 aromatic carbocycles. The molecule has 0 saturated carbocycles. The third kappa shape index (κ3) is 4.24.